The van der Waals surface area contributed by atoms with E-state index in [2.05, 4.69) is 19.6 Å². The number of hydrogen-bond donors (Lipinski definition) is 1. The molecule has 1 saturated heterocycles. The first-order valence-electron chi connectivity index (χ1n) is 9.73. The summed E-state index contributed by atoms with van der Waals surface area (Å²) in [4.78, 5) is 11.4. The molecule has 1 unspecified atom stereocenters. The van der Waals surface area contributed by atoms with E-state index < -0.39 is 21.3 Å². The summed E-state index contributed by atoms with van der Waals surface area (Å²) in [5.41, 5.74) is 0.782. The maximum Gasteiger partial charge on any atom is 0.225 e. The predicted octanol–water partition coefficient (Wildman–Crippen LogP) is 3.92. The number of rotatable bonds is 5. The average molecular weight is 405 g/mol. The molecule has 2 aromatic rings. The second-order valence-electron chi connectivity index (χ2n) is 8.43. The van der Waals surface area contributed by atoms with Gasteiger partial charge in [-0.05, 0) is 64.7 Å². The lowest BCUT2D eigenvalue weighted by molar-refractivity contribution is 0.517. The lowest BCUT2D eigenvalue weighted by Gasteiger charge is -2.34. The third kappa shape index (κ3) is 4.58. The van der Waals surface area contributed by atoms with Crippen molar-refractivity contribution >= 4 is 16.9 Å². The zero-order valence-corrected chi connectivity index (χ0v) is 17.9. The molecule has 0 saturated carbocycles. The van der Waals surface area contributed by atoms with Crippen molar-refractivity contribution in [3.05, 3.63) is 53.6 Å². The van der Waals surface area contributed by atoms with Gasteiger partial charge in [0.2, 0.25) is 5.95 Å². The number of aromatic nitrogens is 2. The number of nitrogens with zero attached hydrogens (tertiary/aromatic N) is 3. The first-order chi connectivity index (χ1) is 13.2. The largest absolute Gasteiger partial charge is 0.341 e. The third-order valence-corrected chi connectivity index (χ3v) is 6.84. The minimum atomic E-state index is -1.33. The van der Waals surface area contributed by atoms with E-state index in [1.165, 1.54) is 18.6 Å². The molecule has 28 heavy (non-hydrogen) atoms. The molecular formula is C21H29FN4OS. The fraction of sp³-hybridized carbons (Fsp3) is 0.524. The second kappa shape index (κ2) is 8.25. The van der Waals surface area contributed by atoms with Gasteiger partial charge in [0.1, 0.15) is 5.82 Å². The Hall–Kier alpha value is -1.86. The Morgan fingerprint density at radius 3 is 2.07 bits per heavy atom. The van der Waals surface area contributed by atoms with Gasteiger partial charge in [-0.25, -0.2) is 23.3 Å². The van der Waals surface area contributed by atoms with Gasteiger partial charge in [0, 0.05) is 31.0 Å². The Morgan fingerprint density at radius 1 is 0.964 bits per heavy atom. The fourth-order valence-electron chi connectivity index (χ4n) is 3.24. The van der Waals surface area contributed by atoms with Gasteiger partial charge in [0.05, 0.1) is 21.3 Å². The Balaban J connectivity index is 1.96. The molecule has 1 fully saturated rings. The zero-order chi connectivity index (χ0) is 20.4. The first kappa shape index (κ1) is 20.9. The molecular weight excluding hydrogens is 375 g/mol. The maximum atomic E-state index is 13.5. The van der Waals surface area contributed by atoms with Crippen LogP contribution in [0, 0.1) is 5.82 Å². The maximum absolute atomic E-state index is 13.5. The van der Waals surface area contributed by atoms with Crippen molar-refractivity contribution in [2.45, 2.75) is 57.2 Å². The Morgan fingerprint density at radius 2 is 1.54 bits per heavy atom. The van der Waals surface area contributed by atoms with Crippen LogP contribution in [-0.2, 0) is 16.5 Å². The Labute approximate surface area is 169 Å². The van der Waals surface area contributed by atoms with E-state index in [1.807, 2.05) is 27.7 Å². The highest BCUT2D eigenvalue weighted by atomic mass is 32.2. The van der Waals surface area contributed by atoms with Crippen LogP contribution in [0.3, 0.4) is 0 Å². The number of nitrogens with one attached hydrogen (secondary N) is 1. The van der Waals surface area contributed by atoms with E-state index in [4.69, 9.17) is 0 Å². The van der Waals surface area contributed by atoms with Crippen molar-refractivity contribution in [2.24, 2.45) is 0 Å². The van der Waals surface area contributed by atoms with Crippen LogP contribution in [0.25, 0.3) is 0 Å². The van der Waals surface area contributed by atoms with Crippen molar-refractivity contribution in [3.63, 3.8) is 0 Å². The molecule has 0 spiro atoms. The van der Waals surface area contributed by atoms with Crippen molar-refractivity contribution in [3.8, 4) is 0 Å². The van der Waals surface area contributed by atoms with Gasteiger partial charge in [-0.1, -0.05) is 12.1 Å². The van der Waals surface area contributed by atoms with Crippen LogP contribution in [0.15, 0.2) is 36.7 Å². The van der Waals surface area contributed by atoms with Gasteiger partial charge in [0.25, 0.3) is 0 Å². The highest BCUT2D eigenvalue weighted by Crippen LogP contribution is 2.31. The summed E-state index contributed by atoms with van der Waals surface area (Å²) in [6.45, 7) is 9.62. The summed E-state index contributed by atoms with van der Waals surface area (Å²) >= 11 is 0. The number of halogens is 1. The zero-order valence-electron chi connectivity index (χ0n) is 17.0. The molecule has 1 aromatic carbocycles. The lowest BCUT2D eigenvalue weighted by Crippen LogP contribution is -2.47. The smallest absolute Gasteiger partial charge is 0.225 e. The summed E-state index contributed by atoms with van der Waals surface area (Å²) < 4.78 is 29.2. The van der Waals surface area contributed by atoms with Gasteiger partial charge >= 0.3 is 0 Å². The number of hydrogen-bond acceptors (Lipinski definition) is 4. The van der Waals surface area contributed by atoms with E-state index in [-0.39, 0.29) is 5.82 Å². The SMILES string of the molecule is CC(N[S@@](=O)C(C)(C)C)(c1ccc(F)cc1)c1cnc(N2CCCCC2)nc1. The summed E-state index contributed by atoms with van der Waals surface area (Å²) in [5.74, 6) is 0.418. The van der Waals surface area contributed by atoms with Crippen molar-refractivity contribution in [1.82, 2.24) is 14.7 Å². The predicted molar refractivity (Wildman–Crippen MR) is 112 cm³/mol. The molecule has 2 atom stereocenters. The molecule has 3 rings (SSSR count). The van der Waals surface area contributed by atoms with Gasteiger partial charge in [-0.3, -0.25) is 0 Å². The number of anilines is 1. The molecule has 152 valence electrons. The fourth-order valence-corrected chi connectivity index (χ4v) is 4.16. The van der Waals surface area contributed by atoms with Crippen LogP contribution >= 0.6 is 0 Å². The molecule has 5 nitrogen and oxygen atoms in total. The monoisotopic (exact) mass is 404 g/mol. The van der Waals surface area contributed by atoms with Crippen LogP contribution < -0.4 is 9.62 Å². The number of benzene rings is 1. The number of piperidine rings is 1. The van der Waals surface area contributed by atoms with Crippen molar-refractivity contribution < 1.29 is 8.60 Å². The summed E-state index contributed by atoms with van der Waals surface area (Å²) in [6, 6.07) is 6.25. The molecule has 1 aliphatic heterocycles. The van der Waals surface area contributed by atoms with E-state index >= 15 is 0 Å². The minimum Gasteiger partial charge on any atom is -0.341 e. The van der Waals surface area contributed by atoms with Gasteiger partial charge in [0.15, 0.2) is 0 Å². The normalized spacial score (nSPS) is 18.5. The highest BCUT2D eigenvalue weighted by Gasteiger charge is 2.35. The molecule has 1 N–H and O–H groups in total. The second-order valence-corrected chi connectivity index (χ2v) is 10.4. The Bertz CT molecular complexity index is 814. The third-order valence-electron chi connectivity index (χ3n) is 5.13. The van der Waals surface area contributed by atoms with E-state index in [1.54, 1.807) is 24.5 Å². The molecule has 0 bridgehead atoms. The molecule has 0 aliphatic carbocycles. The Kier molecular flexibility index (Phi) is 6.15. The van der Waals surface area contributed by atoms with Gasteiger partial charge in [-0.2, -0.15) is 0 Å². The van der Waals surface area contributed by atoms with Crippen LogP contribution in [0.5, 0.6) is 0 Å². The quantitative estimate of drug-likeness (QED) is 0.821. The van der Waals surface area contributed by atoms with Crippen molar-refractivity contribution in [2.75, 3.05) is 18.0 Å². The van der Waals surface area contributed by atoms with Crippen LogP contribution in [0.1, 0.15) is 58.1 Å². The van der Waals surface area contributed by atoms with Crippen LogP contribution in [-0.4, -0.2) is 32.0 Å². The van der Waals surface area contributed by atoms with E-state index in [0.29, 0.717) is 0 Å². The molecule has 2 heterocycles. The molecule has 0 radical (unpaired) electrons. The molecule has 1 aliphatic rings. The summed E-state index contributed by atoms with van der Waals surface area (Å²) in [7, 11) is -1.33. The first-order valence-corrected chi connectivity index (χ1v) is 10.9. The highest BCUT2D eigenvalue weighted by molar-refractivity contribution is 7.84. The molecule has 7 heteroatoms. The van der Waals surface area contributed by atoms with Crippen LogP contribution in [0.2, 0.25) is 0 Å². The topological polar surface area (TPSA) is 58.1 Å². The summed E-state index contributed by atoms with van der Waals surface area (Å²) in [6.07, 6.45) is 7.13. The standard InChI is InChI=1S/C21H29FN4OS/c1-20(2,3)28(27)25-21(4,16-8-10-18(22)11-9-16)17-14-23-19(24-15-17)26-12-6-5-7-13-26/h8-11,14-15,25H,5-7,12-13H2,1-4H3/t21?,28-/m0/s1. The van der Waals surface area contributed by atoms with Crippen LogP contribution in [0.4, 0.5) is 10.3 Å². The van der Waals surface area contributed by atoms with Crippen molar-refractivity contribution in [1.29, 1.82) is 0 Å². The molecule has 1 aromatic heterocycles. The van der Waals surface area contributed by atoms with E-state index in [0.717, 1.165) is 43.0 Å². The summed E-state index contributed by atoms with van der Waals surface area (Å²) in [5, 5.41) is 0. The average Bonchev–Trinajstić information content (AvgIpc) is 2.68. The van der Waals surface area contributed by atoms with Gasteiger partial charge in [-0.15, -0.1) is 0 Å². The van der Waals surface area contributed by atoms with E-state index in [9.17, 15) is 8.60 Å². The molecule has 0 amide bonds. The lowest BCUT2D eigenvalue weighted by atomic mass is 9.87. The van der Waals surface area contributed by atoms with Gasteiger partial charge < -0.3 is 4.90 Å². The minimum absolute atomic E-state index is 0.306.